The van der Waals surface area contributed by atoms with Gasteiger partial charge < -0.3 is 9.84 Å². The van der Waals surface area contributed by atoms with Gasteiger partial charge in [-0.2, -0.15) is 0 Å². The van der Waals surface area contributed by atoms with E-state index < -0.39 is 18.1 Å². The van der Waals surface area contributed by atoms with Crippen molar-refractivity contribution in [1.82, 2.24) is 0 Å². The Morgan fingerprint density at radius 1 is 1.58 bits per heavy atom. The molecule has 3 unspecified atom stereocenters. The van der Waals surface area contributed by atoms with Gasteiger partial charge in [-0.05, 0) is 19.3 Å². The van der Waals surface area contributed by atoms with Crippen LogP contribution in [0.1, 0.15) is 19.3 Å². The maximum atomic E-state index is 12.8. The highest BCUT2D eigenvalue weighted by Gasteiger charge is 2.35. The summed E-state index contributed by atoms with van der Waals surface area (Å²) in [6, 6.07) is 0. The zero-order chi connectivity index (χ0) is 9.14. The van der Waals surface area contributed by atoms with E-state index in [0.29, 0.717) is 12.8 Å². The third-order valence-electron chi connectivity index (χ3n) is 2.34. The second-order valence-electron chi connectivity index (χ2n) is 3.13. The molecule has 0 saturated heterocycles. The summed E-state index contributed by atoms with van der Waals surface area (Å²) in [6.07, 6.45) is -0.267. The highest BCUT2D eigenvalue weighted by molar-refractivity contribution is 5.70. The Balaban J connectivity index is 2.58. The molecule has 0 aliphatic heterocycles. The van der Waals surface area contributed by atoms with E-state index in [1.165, 1.54) is 7.11 Å². The number of halogens is 1. The molecule has 12 heavy (non-hydrogen) atoms. The second kappa shape index (κ2) is 3.85. The van der Waals surface area contributed by atoms with E-state index in [1.54, 1.807) is 0 Å². The lowest BCUT2D eigenvalue weighted by atomic mass is 9.85. The van der Waals surface area contributed by atoms with Crippen molar-refractivity contribution in [1.29, 1.82) is 0 Å². The molecular formula is C8H13FO3. The Hall–Kier alpha value is -0.640. The molecule has 0 bridgehead atoms. The van der Waals surface area contributed by atoms with Gasteiger partial charge in [0.05, 0.1) is 12.0 Å². The molecule has 1 rings (SSSR count). The number of aliphatic carboxylic acids is 1. The van der Waals surface area contributed by atoms with Crippen molar-refractivity contribution >= 4 is 5.97 Å². The summed E-state index contributed by atoms with van der Waals surface area (Å²) in [4.78, 5) is 10.6. The topological polar surface area (TPSA) is 46.5 Å². The van der Waals surface area contributed by atoms with Crippen LogP contribution in [0.25, 0.3) is 0 Å². The molecule has 0 aromatic heterocycles. The van der Waals surface area contributed by atoms with Gasteiger partial charge in [-0.3, -0.25) is 4.79 Å². The Morgan fingerprint density at radius 3 is 2.75 bits per heavy atom. The highest BCUT2D eigenvalue weighted by atomic mass is 19.1. The van der Waals surface area contributed by atoms with Gasteiger partial charge in [0.2, 0.25) is 0 Å². The highest BCUT2D eigenvalue weighted by Crippen LogP contribution is 2.28. The molecule has 3 nitrogen and oxygen atoms in total. The first-order valence-corrected chi connectivity index (χ1v) is 4.04. The summed E-state index contributed by atoms with van der Waals surface area (Å²) in [6.45, 7) is 0. The van der Waals surface area contributed by atoms with E-state index in [1.807, 2.05) is 0 Å². The lowest BCUT2D eigenvalue weighted by Gasteiger charge is -2.29. The van der Waals surface area contributed by atoms with Crippen molar-refractivity contribution < 1.29 is 19.0 Å². The summed E-state index contributed by atoms with van der Waals surface area (Å²) in [5.41, 5.74) is 0. The lowest BCUT2D eigenvalue weighted by molar-refractivity contribution is -0.150. The van der Waals surface area contributed by atoms with Crippen LogP contribution in [0.3, 0.4) is 0 Å². The summed E-state index contributed by atoms with van der Waals surface area (Å²) in [5, 5.41) is 8.71. The van der Waals surface area contributed by atoms with Crippen LogP contribution in [0.4, 0.5) is 4.39 Å². The standard InChI is InChI=1S/C8H13FO3/c1-12-7-3-2-5(9)4-6(7)8(10)11/h5-7H,2-4H2,1H3,(H,10,11). The van der Waals surface area contributed by atoms with Crippen molar-refractivity contribution in [3.8, 4) is 0 Å². The molecule has 1 aliphatic carbocycles. The molecule has 4 heteroatoms. The van der Waals surface area contributed by atoms with Crippen molar-refractivity contribution in [2.24, 2.45) is 5.92 Å². The summed E-state index contributed by atoms with van der Waals surface area (Å²) < 4.78 is 17.8. The number of hydrogen-bond acceptors (Lipinski definition) is 2. The minimum Gasteiger partial charge on any atom is -0.481 e. The van der Waals surface area contributed by atoms with Crippen molar-refractivity contribution in [2.75, 3.05) is 7.11 Å². The van der Waals surface area contributed by atoms with Crippen LogP contribution < -0.4 is 0 Å². The van der Waals surface area contributed by atoms with Crippen LogP contribution in [0, 0.1) is 5.92 Å². The van der Waals surface area contributed by atoms with E-state index in [9.17, 15) is 9.18 Å². The monoisotopic (exact) mass is 176 g/mol. The molecule has 1 aliphatic rings. The predicted molar refractivity (Wildman–Crippen MR) is 40.7 cm³/mol. The minimum atomic E-state index is -0.975. The average Bonchev–Trinajstić information content (AvgIpc) is 2.04. The molecule has 1 saturated carbocycles. The molecule has 1 fully saturated rings. The van der Waals surface area contributed by atoms with Crippen LogP contribution in [0.5, 0.6) is 0 Å². The van der Waals surface area contributed by atoms with E-state index in [4.69, 9.17) is 9.84 Å². The quantitative estimate of drug-likeness (QED) is 0.688. The number of carbonyl (C=O) groups is 1. The molecule has 0 amide bonds. The zero-order valence-corrected chi connectivity index (χ0v) is 7.00. The fourth-order valence-corrected chi connectivity index (χ4v) is 1.63. The van der Waals surface area contributed by atoms with Gasteiger partial charge in [0.25, 0.3) is 0 Å². The van der Waals surface area contributed by atoms with E-state index >= 15 is 0 Å². The van der Waals surface area contributed by atoms with Gasteiger partial charge >= 0.3 is 5.97 Å². The third kappa shape index (κ3) is 1.94. The number of methoxy groups -OCH3 is 1. The fraction of sp³-hybridized carbons (Fsp3) is 0.875. The lowest BCUT2D eigenvalue weighted by Crippen LogP contribution is -2.36. The van der Waals surface area contributed by atoms with Crippen LogP contribution >= 0.6 is 0 Å². The first kappa shape index (κ1) is 9.45. The maximum Gasteiger partial charge on any atom is 0.309 e. The van der Waals surface area contributed by atoms with Gasteiger partial charge in [-0.25, -0.2) is 4.39 Å². The zero-order valence-electron chi connectivity index (χ0n) is 7.00. The van der Waals surface area contributed by atoms with Crippen LogP contribution in [-0.4, -0.2) is 30.5 Å². The number of carboxylic acids is 1. The SMILES string of the molecule is COC1CCC(F)CC1C(=O)O. The molecule has 1 N–H and O–H groups in total. The number of rotatable bonds is 2. The van der Waals surface area contributed by atoms with Crippen molar-refractivity contribution in [3.05, 3.63) is 0 Å². The number of carboxylic acid groups (broad SMARTS) is 1. The Bertz CT molecular complexity index is 172. The first-order chi connectivity index (χ1) is 5.65. The second-order valence-corrected chi connectivity index (χ2v) is 3.13. The minimum absolute atomic E-state index is 0.0911. The maximum absolute atomic E-state index is 12.8. The van der Waals surface area contributed by atoms with Gasteiger partial charge in [-0.15, -0.1) is 0 Å². The summed E-state index contributed by atoms with van der Waals surface area (Å²) in [7, 11) is 1.47. The van der Waals surface area contributed by atoms with E-state index in [-0.39, 0.29) is 12.5 Å². The van der Waals surface area contributed by atoms with Crippen molar-refractivity contribution in [2.45, 2.75) is 31.5 Å². The molecule has 70 valence electrons. The van der Waals surface area contributed by atoms with Crippen molar-refractivity contribution in [3.63, 3.8) is 0 Å². The molecule has 3 atom stereocenters. The van der Waals surface area contributed by atoms with Gasteiger partial charge in [0.1, 0.15) is 6.17 Å². The third-order valence-corrected chi connectivity index (χ3v) is 2.34. The van der Waals surface area contributed by atoms with Crippen LogP contribution in [-0.2, 0) is 9.53 Å². The number of hydrogen-bond donors (Lipinski definition) is 1. The summed E-state index contributed by atoms with van der Waals surface area (Å²) >= 11 is 0. The van der Waals surface area contributed by atoms with Gasteiger partial charge in [0.15, 0.2) is 0 Å². The molecule has 0 radical (unpaired) electrons. The molecule has 0 spiro atoms. The largest absolute Gasteiger partial charge is 0.481 e. The Labute approximate surface area is 70.5 Å². The van der Waals surface area contributed by atoms with E-state index in [0.717, 1.165) is 0 Å². The number of alkyl halides is 1. The fourth-order valence-electron chi connectivity index (χ4n) is 1.63. The molecule has 0 heterocycles. The Morgan fingerprint density at radius 2 is 2.25 bits per heavy atom. The van der Waals surface area contributed by atoms with Gasteiger partial charge in [-0.1, -0.05) is 0 Å². The predicted octanol–water partition coefficient (Wildman–Crippen LogP) is 1.22. The van der Waals surface area contributed by atoms with Crippen LogP contribution in [0.15, 0.2) is 0 Å². The molecule has 0 aromatic rings. The smallest absolute Gasteiger partial charge is 0.309 e. The number of ether oxygens (including phenoxy) is 1. The Kier molecular flexibility index (Phi) is 3.03. The normalized spacial score (nSPS) is 36.3. The average molecular weight is 176 g/mol. The van der Waals surface area contributed by atoms with Crippen LogP contribution in [0.2, 0.25) is 0 Å². The molecule has 0 aromatic carbocycles. The van der Waals surface area contributed by atoms with Gasteiger partial charge in [0, 0.05) is 7.11 Å². The summed E-state index contributed by atoms with van der Waals surface area (Å²) in [5.74, 6) is -1.62. The first-order valence-electron chi connectivity index (χ1n) is 4.04. The molecular weight excluding hydrogens is 163 g/mol. The van der Waals surface area contributed by atoms with E-state index in [2.05, 4.69) is 0 Å².